The molecule has 0 aliphatic carbocycles. The Balaban J connectivity index is 2.51. The highest BCUT2D eigenvalue weighted by Crippen LogP contribution is 2.23. The Morgan fingerprint density at radius 2 is 2.00 bits per heavy atom. The summed E-state index contributed by atoms with van der Waals surface area (Å²) in [5.74, 6) is 0.816. The number of rotatable bonds is 4. The van der Waals surface area contributed by atoms with Crippen molar-refractivity contribution in [3.05, 3.63) is 0 Å². The van der Waals surface area contributed by atoms with Gasteiger partial charge in [-0.1, -0.05) is 20.3 Å². The summed E-state index contributed by atoms with van der Waals surface area (Å²) in [5.41, 5.74) is 0. The molecule has 0 N–H and O–H groups in total. The fourth-order valence-corrected chi connectivity index (χ4v) is 2.76. The Morgan fingerprint density at radius 3 is 2.54 bits per heavy atom. The normalized spacial score (nSPS) is 25.4. The second-order valence-corrected chi connectivity index (χ2v) is 4.32. The van der Waals surface area contributed by atoms with Crippen LogP contribution in [-0.2, 0) is 0 Å². The van der Waals surface area contributed by atoms with Gasteiger partial charge in [0.05, 0.1) is 0 Å². The molecule has 1 atom stereocenters. The Hall–Kier alpha value is 0.250. The summed E-state index contributed by atoms with van der Waals surface area (Å²) in [6.45, 7) is 5.84. The van der Waals surface area contributed by atoms with E-state index in [9.17, 15) is 0 Å². The number of halogens is 1. The van der Waals surface area contributed by atoms with Crippen LogP contribution >= 0.6 is 11.6 Å². The Labute approximate surface area is 87.4 Å². The molecule has 1 rings (SSSR count). The fourth-order valence-electron chi connectivity index (χ4n) is 2.43. The monoisotopic (exact) mass is 203 g/mol. The molecule has 1 saturated heterocycles. The standard InChI is InChI=1S/C11H22ClN/c1-3-10(4-2)13-8-6-5-7-11(13)9-12/h10-11H,3-9H2,1-2H3. The van der Waals surface area contributed by atoms with Gasteiger partial charge in [-0.05, 0) is 32.2 Å². The molecule has 0 aromatic heterocycles. The smallest absolute Gasteiger partial charge is 0.0379 e. The van der Waals surface area contributed by atoms with E-state index in [1.165, 1.54) is 38.6 Å². The first kappa shape index (κ1) is 11.3. The average Bonchev–Trinajstić information content (AvgIpc) is 2.20. The zero-order chi connectivity index (χ0) is 9.68. The van der Waals surface area contributed by atoms with E-state index in [2.05, 4.69) is 18.7 Å². The van der Waals surface area contributed by atoms with E-state index in [0.29, 0.717) is 6.04 Å². The Kier molecular flexibility index (Phi) is 5.12. The van der Waals surface area contributed by atoms with Crippen molar-refractivity contribution in [3.8, 4) is 0 Å². The van der Waals surface area contributed by atoms with Crippen LogP contribution < -0.4 is 0 Å². The van der Waals surface area contributed by atoms with Crippen LogP contribution in [-0.4, -0.2) is 29.4 Å². The fraction of sp³-hybridized carbons (Fsp3) is 1.00. The van der Waals surface area contributed by atoms with Gasteiger partial charge in [0.25, 0.3) is 0 Å². The van der Waals surface area contributed by atoms with Crippen molar-refractivity contribution >= 4 is 11.6 Å². The number of hydrogen-bond donors (Lipinski definition) is 0. The average molecular weight is 204 g/mol. The lowest BCUT2D eigenvalue weighted by Crippen LogP contribution is -2.46. The van der Waals surface area contributed by atoms with Crippen LogP contribution in [0.15, 0.2) is 0 Å². The van der Waals surface area contributed by atoms with Gasteiger partial charge in [-0.2, -0.15) is 0 Å². The third kappa shape index (κ3) is 2.85. The van der Waals surface area contributed by atoms with Crippen LogP contribution in [0, 0.1) is 0 Å². The van der Waals surface area contributed by atoms with E-state index in [0.717, 1.165) is 11.9 Å². The number of nitrogens with zero attached hydrogens (tertiary/aromatic N) is 1. The van der Waals surface area contributed by atoms with Crippen molar-refractivity contribution in [2.75, 3.05) is 12.4 Å². The maximum absolute atomic E-state index is 5.99. The summed E-state index contributed by atoms with van der Waals surface area (Å²) in [5, 5.41) is 0. The van der Waals surface area contributed by atoms with E-state index < -0.39 is 0 Å². The SMILES string of the molecule is CCC(CC)N1CCCCC1CCl. The molecule has 1 heterocycles. The predicted molar refractivity (Wildman–Crippen MR) is 59.4 cm³/mol. The Bertz CT molecular complexity index is 127. The van der Waals surface area contributed by atoms with E-state index in [4.69, 9.17) is 11.6 Å². The highest BCUT2D eigenvalue weighted by molar-refractivity contribution is 6.18. The number of piperidine rings is 1. The van der Waals surface area contributed by atoms with Crippen LogP contribution in [0.3, 0.4) is 0 Å². The third-order valence-electron chi connectivity index (χ3n) is 3.26. The van der Waals surface area contributed by atoms with Gasteiger partial charge in [-0.15, -0.1) is 11.6 Å². The lowest BCUT2D eigenvalue weighted by Gasteiger charge is -2.40. The zero-order valence-electron chi connectivity index (χ0n) is 8.93. The lowest BCUT2D eigenvalue weighted by molar-refractivity contribution is 0.102. The largest absolute Gasteiger partial charge is 0.296 e. The van der Waals surface area contributed by atoms with Gasteiger partial charge in [0, 0.05) is 18.0 Å². The van der Waals surface area contributed by atoms with Crippen molar-refractivity contribution in [2.45, 2.75) is 58.0 Å². The third-order valence-corrected chi connectivity index (χ3v) is 3.62. The maximum atomic E-state index is 5.99. The molecule has 0 saturated carbocycles. The maximum Gasteiger partial charge on any atom is 0.0379 e. The minimum Gasteiger partial charge on any atom is -0.296 e. The van der Waals surface area contributed by atoms with Crippen molar-refractivity contribution in [1.82, 2.24) is 4.90 Å². The number of hydrogen-bond acceptors (Lipinski definition) is 1. The van der Waals surface area contributed by atoms with Crippen molar-refractivity contribution in [1.29, 1.82) is 0 Å². The lowest BCUT2D eigenvalue weighted by atomic mass is 9.99. The molecule has 0 spiro atoms. The number of alkyl halides is 1. The second-order valence-electron chi connectivity index (χ2n) is 4.01. The van der Waals surface area contributed by atoms with Gasteiger partial charge in [-0.25, -0.2) is 0 Å². The second kappa shape index (κ2) is 5.87. The zero-order valence-corrected chi connectivity index (χ0v) is 9.69. The van der Waals surface area contributed by atoms with Gasteiger partial charge >= 0.3 is 0 Å². The van der Waals surface area contributed by atoms with Crippen molar-refractivity contribution in [2.24, 2.45) is 0 Å². The van der Waals surface area contributed by atoms with E-state index in [1.807, 2.05) is 0 Å². The molecule has 1 nitrogen and oxygen atoms in total. The van der Waals surface area contributed by atoms with Gasteiger partial charge in [0.2, 0.25) is 0 Å². The highest BCUT2D eigenvalue weighted by Gasteiger charge is 2.25. The van der Waals surface area contributed by atoms with Gasteiger partial charge < -0.3 is 0 Å². The minimum absolute atomic E-state index is 0.653. The predicted octanol–water partition coefficient (Wildman–Crippen LogP) is 3.27. The molecule has 0 aromatic rings. The quantitative estimate of drug-likeness (QED) is 0.634. The summed E-state index contributed by atoms with van der Waals surface area (Å²) in [4.78, 5) is 2.64. The molecular formula is C11H22ClN. The molecule has 1 aliphatic rings. The molecule has 1 unspecified atom stereocenters. The molecule has 1 aliphatic heterocycles. The van der Waals surface area contributed by atoms with Crippen molar-refractivity contribution < 1.29 is 0 Å². The topological polar surface area (TPSA) is 3.24 Å². The Morgan fingerprint density at radius 1 is 1.31 bits per heavy atom. The van der Waals surface area contributed by atoms with Gasteiger partial charge in [-0.3, -0.25) is 4.90 Å². The number of likely N-dealkylation sites (tertiary alicyclic amines) is 1. The first-order chi connectivity index (χ1) is 6.33. The summed E-state index contributed by atoms with van der Waals surface area (Å²) < 4.78 is 0. The van der Waals surface area contributed by atoms with Gasteiger partial charge in [0.15, 0.2) is 0 Å². The van der Waals surface area contributed by atoms with E-state index in [1.54, 1.807) is 0 Å². The van der Waals surface area contributed by atoms with E-state index >= 15 is 0 Å². The van der Waals surface area contributed by atoms with Crippen molar-refractivity contribution in [3.63, 3.8) is 0 Å². The molecule has 0 amide bonds. The summed E-state index contributed by atoms with van der Waals surface area (Å²) in [6.07, 6.45) is 6.58. The van der Waals surface area contributed by atoms with Crippen LogP contribution in [0.4, 0.5) is 0 Å². The molecular weight excluding hydrogens is 182 g/mol. The molecule has 0 radical (unpaired) electrons. The first-order valence-corrected chi connectivity index (χ1v) is 6.18. The van der Waals surface area contributed by atoms with Gasteiger partial charge in [0.1, 0.15) is 0 Å². The minimum atomic E-state index is 0.653. The summed E-state index contributed by atoms with van der Waals surface area (Å²) in [7, 11) is 0. The molecule has 1 fully saturated rings. The van der Waals surface area contributed by atoms with Crippen LogP contribution in [0.2, 0.25) is 0 Å². The molecule has 0 bridgehead atoms. The molecule has 78 valence electrons. The summed E-state index contributed by atoms with van der Waals surface area (Å²) in [6, 6.07) is 1.42. The molecule has 0 aromatic carbocycles. The van der Waals surface area contributed by atoms with Crippen LogP contribution in [0.1, 0.15) is 46.0 Å². The van der Waals surface area contributed by atoms with Crippen LogP contribution in [0.5, 0.6) is 0 Å². The summed E-state index contributed by atoms with van der Waals surface area (Å²) >= 11 is 5.99. The van der Waals surface area contributed by atoms with E-state index in [-0.39, 0.29) is 0 Å². The molecule has 13 heavy (non-hydrogen) atoms. The molecule has 2 heteroatoms. The van der Waals surface area contributed by atoms with Crippen LogP contribution in [0.25, 0.3) is 0 Å². The first-order valence-electron chi connectivity index (χ1n) is 5.65. The highest BCUT2D eigenvalue weighted by atomic mass is 35.5.